The fourth-order valence-corrected chi connectivity index (χ4v) is 4.38. The van der Waals surface area contributed by atoms with E-state index in [4.69, 9.17) is 4.74 Å². The summed E-state index contributed by atoms with van der Waals surface area (Å²) in [6, 6.07) is 12.2. The first-order chi connectivity index (χ1) is 14.9. The van der Waals surface area contributed by atoms with Gasteiger partial charge in [0, 0.05) is 21.1 Å². The van der Waals surface area contributed by atoms with E-state index in [9.17, 15) is 9.59 Å². The summed E-state index contributed by atoms with van der Waals surface area (Å²) in [7, 11) is 0. The van der Waals surface area contributed by atoms with E-state index in [1.807, 2.05) is 49.6 Å². The number of thiazole rings is 1. The lowest BCUT2D eigenvalue weighted by atomic mass is 10.0. The molecular formula is C23H22BrN3O3S. The van der Waals surface area contributed by atoms with Crippen molar-refractivity contribution in [3.63, 3.8) is 0 Å². The Morgan fingerprint density at radius 3 is 2.68 bits per heavy atom. The maximum Gasteiger partial charge on any atom is 0.268 e. The zero-order valence-corrected chi connectivity index (χ0v) is 19.8. The summed E-state index contributed by atoms with van der Waals surface area (Å²) in [5.41, 5.74) is 2.96. The molecule has 2 amide bonds. The minimum absolute atomic E-state index is 0.222. The van der Waals surface area contributed by atoms with Crippen LogP contribution in [0.5, 0.6) is 5.75 Å². The Balaban J connectivity index is 1.68. The van der Waals surface area contributed by atoms with Crippen LogP contribution in [-0.2, 0) is 9.59 Å². The van der Waals surface area contributed by atoms with Crippen LogP contribution >= 0.6 is 27.3 Å². The first-order valence-corrected chi connectivity index (χ1v) is 11.7. The monoisotopic (exact) mass is 499 g/mol. The Bertz CT molecular complexity index is 1130. The Hall–Kier alpha value is -2.71. The Morgan fingerprint density at radius 1 is 1.29 bits per heavy atom. The van der Waals surface area contributed by atoms with Crippen molar-refractivity contribution in [2.24, 2.45) is 0 Å². The molecule has 0 bridgehead atoms. The van der Waals surface area contributed by atoms with Gasteiger partial charge in [0.1, 0.15) is 11.8 Å². The summed E-state index contributed by atoms with van der Waals surface area (Å²) in [4.78, 5) is 32.3. The number of carbonyl (C=O) groups excluding carboxylic acids is 2. The van der Waals surface area contributed by atoms with Gasteiger partial charge in [0.25, 0.3) is 5.91 Å². The standard InChI is InChI=1S/C23H22BrN3O3S/c1-4-20-23(29)27(13(2)22(28)26-17-8-6-16(24)7-9-17)19-11-15(5-10-21(19)30-20)18-12-31-14(3)25-18/h5-13,20H,4H2,1-3H3,(H,26,28). The highest BCUT2D eigenvalue weighted by molar-refractivity contribution is 9.10. The zero-order valence-electron chi connectivity index (χ0n) is 17.4. The molecule has 1 aromatic heterocycles. The molecular weight excluding hydrogens is 478 g/mol. The van der Waals surface area contributed by atoms with Gasteiger partial charge in [-0.25, -0.2) is 4.98 Å². The van der Waals surface area contributed by atoms with Crippen molar-refractivity contribution in [1.29, 1.82) is 0 Å². The molecule has 2 atom stereocenters. The van der Waals surface area contributed by atoms with Gasteiger partial charge in [0.2, 0.25) is 5.91 Å². The molecule has 0 aliphatic carbocycles. The predicted octanol–water partition coefficient (Wildman–Crippen LogP) is 5.41. The third kappa shape index (κ3) is 4.36. The van der Waals surface area contributed by atoms with Crippen molar-refractivity contribution in [3.8, 4) is 17.0 Å². The second kappa shape index (κ2) is 8.80. The summed E-state index contributed by atoms with van der Waals surface area (Å²) in [6.45, 7) is 5.57. The van der Waals surface area contributed by atoms with Crippen molar-refractivity contribution < 1.29 is 14.3 Å². The second-order valence-corrected chi connectivity index (χ2v) is 9.31. The summed E-state index contributed by atoms with van der Waals surface area (Å²) in [5.74, 6) is 0.0961. The van der Waals surface area contributed by atoms with E-state index in [0.717, 1.165) is 20.7 Å². The molecule has 6 nitrogen and oxygen atoms in total. The van der Waals surface area contributed by atoms with Gasteiger partial charge in [0.05, 0.1) is 16.4 Å². The number of hydrogen-bond acceptors (Lipinski definition) is 5. The fourth-order valence-electron chi connectivity index (χ4n) is 3.49. The molecule has 1 aliphatic heterocycles. The minimum Gasteiger partial charge on any atom is -0.478 e. The molecule has 2 unspecified atom stereocenters. The average molecular weight is 500 g/mol. The molecule has 0 spiro atoms. The van der Waals surface area contributed by atoms with Gasteiger partial charge in [-0.2, -0.15) is 0 Å². The Morgan fingerprint density at radius 2 is 2.03 bits per heavy atom. The van der Waals surface area contributed by atoms with E-state index in [1.165, 1.54) is 0 Å². The summed E-state index contributed by atoms with van der Waals surface area (Å²) < 4.78 is 6.86. The average Bonchev–Trinajstić information content (AvgIpc) is 3.20. The van der Waals surface area contributed by atoms with Crippen molar-refractivity contribution in [3.05, 3.63) is 57.3 Å². The molecule has 160 valence electrons. The molecule has 0 fully saturated rings. The number of carbonyl (C=O) groups is 2. The number of aromatic nitrogens is 1. The number of ether oxygens (including phenoxy) is 1. The highest BCUT2D eigenvalue weighted by Gasteiger charge is 2.38. The molecule has 2 aromatic carbocycles. The number of rotatable bonds is 5. The second-order valence-electron chi connectivity index (χ2n) is 7.33. The van der Waals surface area contributed by atoms with E-state index in [0.29, 0.717) is 23.5 Å². The number of anilines is 2. The molecule has 8 heteroatoms. The van der Waals surface area contributed by atoms with Crippen LogP contribution in [0.4, 0.5) is 11.4 Å². The fraction of sp³-hybridized carbons (Fsp3) is 0.261. The van der Waals surface area contributed by atoms with Crippen molar-refractivity contribution in [1.82, 2.24) is 4.98 Å². The topological polar surface area (TPSA) is 71.5 Å². The first kappa shape index (κ1) is 21.5. The van der Waals surface area contributed by atoms with Gasteiger partial charge in [0.15, 0.2) is 6.10 Å². The molecule has 4 rings (SSSR count). The third-order valence-corrected chi connectivity index (χ3v) is 6.47. The maximum atomic E-state index is 13.2. The number of benzene rings is 2. The SMILES string of the molecule is CCC1Oc2ccc(-c3csc(C)n3)cc2N(C(C)C(=O)Nc2ccc(Br)cc2)C1=O. The number of aryl methyl sites for hydroxylation is 1. The van der Waals surface area contributed by atoms with E-state index in [1.54, 1.807) is 35.3 Å². The number of fused-ring (bicyclic) bond motifs is 1. The molecule has 2 heterocycles. The predicted molar refractivity (Wildman–Crippen MR) is 127 cm³/mol. The minimum atomic E-state index is -0.722. The van der Waals surface area contributed by atoms with Crippen LogP contribution in [0.2, 0.25) is 0 Å². The van der Waals surface area contributed by atoms with Crippen LogP contribution in [0.25, 0.3) is 11.3 Å². The Kier molecular flexibility index (Phi) is 6.11. The van der Waals surface area contributed by atoms with Crippen LogP contribution in [0, 0.1) is 6.92 Å². The van der Waals surface area contributed by atoms with Gasteiger partial charge in [-0.1, -0.05) is 22.9 Å². The zero-order chi connectivity index (χ0) is 22.1. The molecule has 3 aromatic rings. The number of nitrogens with one attached hydrogen (secondary N) is 1. The molecule has 0 saturated heterocycles. The lowest BCUT2D eigenvalue weighted by molar-refractivity contribution is -0.129. The highest BCUT2D eigenvalue weighted by atomic mass is 79.9. The summed E-state index contributed by atoms with van der Waals surface area (Å²) in [5, 5.41) is 5.84. The largest absolute Gasteiger partial charge is 0.478 e. The maximum absolute atomic E-state index is 13.2. The number of hydrogen-bond donors (Lipinski definition) is 1. The van der Waals surface area contributed by atoms with Gasteiger partial charge in [-0.05, 0) is 62.7 Å². The van der Waals surface area contributed by atoms with Crippen LogP contribution in [0.3, 0.4) is 0 Å². The van der Waals surface area contributed by atoms with Crippen molar-refractivity contribution in [2.45, 2.75) is 39.3 Å². The normalized spacial score (nSPS) is 16.5. The van der Waals surface area contributed by atoms with Crippen molar-refractivity contribution in [2.75, 3.05) is 10.2 Å². The molecule has 0 radical (unpaired) electrons. The van der Waals surface area contributed by atoms with Crippen LogP contribution < -0.4 is 15.0 Å². The van der Waals surface area contributed by atoms with E-state index < -0.39 is 12.1 Å². The van der Waals surface area contributed by atoms with Crippen molar-refractivity contribution >= 4 is 50.5 Å². The van der Waals surface area contributed by atoms with Crippen LogP contribution in [-0.4, -0.2) is 28.9 Å². The quantitative estimate of drug-likeness (QED) is 0.509. The smallest absolute Gasteiger partial charge is 0.268 e. The molecule has 1 N–H and O–H groups in total. The van der Waals surface area contributed by atoms with Crippen LogP contribution in [0.15, 0.2) is 52.3 Å². The lowest BCUT2D eigenvalue weighted by Gasteiger charge is -2.37. The van der Waals surface area contributed by atoms with Gasteiger partial charge in [-0.15, -0.1) is 11.3 Å². The summed E-state index contributed by atoms with van der Waals surface area (Å²) in [6.07, 6.45) is -0.106. The number of nitrogens with zero attached hydrogens (tertiary/aromatic N) is 2. The number of halogens is 1. The number of amides is 2. The van der Waals surface area contributed by atoms with E-state index >= 15 is 0 Å². The Labute approximate surface area is 193 Å². The lowest BCUT2D eigenvalue weighted by Crippen LogP contribution is -2.53. The first-order valence-electron chi connectivity index (χ1n) is 10.00. The van der Waals surface area contributed by atoms with Crippen LogP contribution in [0.1, 0.15) is 25.3 Å². The van der Waals surface area contributed by atoms with Gasteiger partial charge < -0.3 is 10.1 Å². The molecule has 0 saturated carbocycles. The van der Waals surface area contributed by atoms with E-state index in [-0.39, 0.29) is 11.8 Å². The van der Waals surface area contributed by atoms with Gasteiger partial charge in [-0.3, -0.25) is 14.5 Å². The van der Waals surface area contributed by atoms with Gasteiger partial charge >= 0.3 is 0 Å². The van der Waals surface area contributed by atoms with E-state index in [2.05, 4.69) is 26.2 Å². The summed E-state index contributed by atoms with van der Waals surface area (Å²) >= 11 is 4.95. The highest BCUT2D eigenvalue weighted by Crippen LogP contribution is 2.39. The molecule has 1 aliphatic rings. The molecule has 31 heavy (non-hydrogen) atoms. The third-order valence-electron chi connectivity index (χ3n) is 5.16.